The van der Waals surface area contributed by atoms with Gasteiger partial charge in [-0.1, -0.05) is 24.3 Å². The average Bonchev–Trinajstić information content (AvgIpc) is 2.04. The van der Waals surface area contributed by atoms with Gasteiger partial charge in [-0.3, -0.25) is 17.6 Å². The summed E-state index contributed by atoms with van der Waals surface area (Å²) in [6, 6.07) is 8.95. The fourth-order valence-corrected chi connectivity index (χ4v) is 4.96. The molecule has 66 valence electrons. The van der Waals surface area contributed by atoms with Gasteiger partial charge in [0.05, 0.1) is 0 Å². The molecule has 0 saturated carbocycles. The number of hydrogen-bond acceptors (Lipinski definition) is 0. The summed E-state index contributed by atoms with van der Waals surface area (Å²) < 4.78 is 0. The fourth-order valence-electron chi connectivity index (χ4n) is 1.36. The Balaban J connectivity index is 3.09. The summed E-state index contributed by atoms with van der Waals surface area (Å²) in [4.78, 5) is 0. The Morgan fingerprint density at radius 1 is 0.750 bits per heavy atom. The van der Waals surface area contributed by atoms with E-state index in [1.165, 1.54) is 0 Å². The number of hydrogen-bond donors (Lipinski definition) is 0. The van der Waals surface area contributed by atoms with Crippen molar-refractivity contribution in [2.45, 2.75) is 26.2 Å². The third-order valence-corrected chi connectivity index (χ3v) is 5.28. The predicted molar refractivity (Wildman–Crippen MR) is 60.7 cm³/mol. The van der Waals surface area contributed by atoms with Gasteiger partial charge >= 0.3 is 0 Å². The summed E-state index contributed by atoms with van der Waals surface area (Å²) in [6.07, 6.45) is 0. The average molecular weight is 192 g/mol. The van der Waals surface area contributed by atoms with E-state index in [0.717, 1.165) is 0 Å². The van der Waals surface area contributed by atoms with Gasteiger partial charge in [0, 0.05) is 0 Å². The smallest absolute Gasteiger partial charge is 0.0651 e. The van der Waals surface area contributed by atoms with Gasteiger partial charge in [0.2, 0.25) is 0 Å². The molecule has 0 bridgehead atoms. The van der Waals surface area contributed by atoms with E-state index in [1.54, 1.807) is 10.4 Å². The molecule has 0 aliphatic heterocycles. The molecule has 0 nitrogen and oxygen atoms in total. The van der Waals surface area contributed by atoms with E-state index in [9.17, 15) is 0 Å². The van der Waals surface area contributed by atoms with Crippen LogP contribution >= 0.6 is 0 Å². The lowest BCUT2D eigenvalue weighted by Crippen LogP contribution is -2.43. The van der Waals surface area contributed by atoms with Crippen molar-refractivity contribution >= 4 is 28.0 Å². The summed E-state index contributed by atoms with van der Waals surface area (Å²) in [7, 11) is -0.522. The van der Waals surface area contributed by atoms with Crippen molar-refractivity contribution in [1.29, 1.82) is 0 Å². The molecule has 0 N–H and O–H groups in total. The van der Waals surface area contributed by atoms with E-state index in [1.807, 2.05) is 0 Å². The lowest BCUT2D eigenvalue weighted by molar-refractivity contribution is 1.76. The molecule has 1 aromatic carbocycles. The Kier molecular flexibility index (Phi) is 3.29. The van der Waals surface area contributed by atoms with Crippen LogP contribution in [0.4, 0.5) is 0 Å². The summed E-state index contributed by atoms with van der Waals surface area (Å²) in [5, 5.41) is 3.28. The molecule has 0 aliphatic carbocycles. The minimum Gasteiger partial charge on any atom is -0.295 e. The van der Waals surface area contributed by atoms with Gasteiger partial charge in [-0.15, -0.1) is 0 Å². The summed E-state index contributed by atoms with van der Waals surface area (Å²) >= 11 is 0. The maximum atomic E-state index is 2.37. The van der Waals surface area contributed by atoms with Gasteiger partial charge in [0.25, 0.3) is 0 Å². The maximum absolute atomic E-state index is 2.37. The normalized spacial score (nSPS) is 9.67. The molecule has 0 radical (unpaired) electrons. The van der Waals surface area contributed by atoms with Gasteiger partial charge < -0.3 is 0 Å². The van der Waals surface area contributed by atoms with Crippen molar-refractivity contribution in [3.8, 4) is 0 Å². The molecule has 0 heterocycles. The Hall–Kier alpha value is -0.346. The third-order valence-electron chi connectivity index (χ3n) is 2.00. The maximum Gasteiger partial charge on any atom is -0.0651 e. The molecular formula is C10H16Si2-2. The fraction of sp³-hybridized carbons (Fsp3) is 0.400. The van der Waals surface area contributed by atoms with Crippen molar-refractivity contribution in [2.75, 3.05) is 0 Å². The molecule has 0 aromatic heterocycles. The van der Waals surface area contributed by atoms with E-state index in [0.29, 0.717) is 0 Å². The topological polar surface area (TPSA) is 0 Å². The quantitative estimate of drug-likeness (QED) is 0.625. The van der Waals surface area contributed by atoms with Crippen LogP contribution in [-0.4, -0.2) is 17.6 Å². The molecule has 0 spiro atoms. The first-order chi connectivity index (χ1) is 5.63. The molecule has 1 rings (SSSR count). The summed E-state index contributed by atoms with van der Waals surface area (Å²) in [6.45, 7) is 9.48. The first-order valence-electron chi connectivity index (χ1n) is 4.33. The van der Waals surface area contributed by atoms with Gasteiger partial charge in [0.15, 0.2) is 0 Å². The molecule has 0 unspecified atom stereocenters. The molecule has 0 atom stereocenters. The summed E-state index contributed by atoms with van der Waals surface area (Å²) in [5.74, 6) is 0. The van der Waals surface area contributed by atoms with Crippen molar-refractivity contribution in [1.82, 2.24) is 0 Å². The van der Waals surface area contributed by atoms with Gasteiger partial charge in [-0.25, -0.2) is 10.4 Å². The van der Waals surface area contributed by atoms with Crippen LogP contribution in [0.1, 0.15) is 0 Å². The molecule has 1 aromatic rings. The zero-order valence-corrected chi connectivity index (χ0v) is 10.3. The van der Waals surface area contributed by atoms with E-state index in [4.69, 9.17) is 0 Å². The van der Waals surface area contributed by atoms with Crippen LogP contribution in [0.25, 0.3) is 0 Å². The highest BCUT2D eigenvalue weighted by molar-refractivity contribution is 6.82. The third kappa shape index (κ3) is 2.08. The molecule has 0 saturated heterocycles. The van der Waals surface area contributed by atoms with Crippen LogP contribution < -0.4 is 10.4 Å². The predicted octanol–water partition coefficient (Wildman–Crippen LogP) is 1.61. The van der Waals surface area contributed by atoms with Crippen LogP contribution in [-0.2, 0) is 0 Å². The Labute approximate surface area is 78.8 Å². The monoisotopic (exact) mass is 192 g/mol. The number of rotatable bonds is 2. The highest BCUT2D eigenvalue weighted by Crippen LogP contribution is 1.89. The molecular weight excluding hydrogens is 176 g/mol. The zero-order valence-electron chi connectivity index (χ0n) is 8.31. The second-order valence-electron chi connectivity index (χ2n) is 3.55. The highest BCUT2D eigenvalue weighted by atomic mass is 28.3. The van der Waals surface area contributed by atoms with Crippen molar-refractivity contribution in [3.63, 3.8) is 0 Å². The summed E-state index contributed by atoms with van der Waals surface area (Å²) in [5.41, 5.74) is 0. The van der Waals surface area contributed by atoms with E-state index >= 15 is 0 Å². The molecule has 0 aliphatic rings. The highest BCUT2D eigenvalue weighted by Gasteiger charge is 1.89. The molecule has 0 amide bonds. The Morgan fingerprint density at radius 2 is 1.08 bits per heavy atom. The minimum atomic E-state index is -0.261. The van der Waals surface area contributed by atoms with Gasteiger partial charge in [-0.05, 0) is 0 Å². The lowest BCUT2D eigenvalue weighted by Gasteiger charge is -2.33. The largest absolute Gasteiger partial charge is 0.295 e. The Bertz CT molecular complexity index is 227. The van der Waals surface area contributed by atoms with E-state index in [-0.39, 0.29) is 17.6 Å². The first-order valence-corrected chi connectivity index (χ1v) is 9.33. The van der Waals surface area contributed by atoms with Crippen LogP contribution in [0, 0.1) is 0 Å². The number of benzene rings is 1. The first kappa shape index (κ1) is 9.74. The van der Waals surface area contributed by atoms with E-state index in [2.05, 4.69) is 50.5 Å². The van der Waals surface area contributed by atoms with Gasteiger partial charge in [-0.2, -0.15) is 26.2 Å². The SMILES string of the molecule is C[Si-](C)c1ccccc1[Si-](C)C. The molecule has 12 heavy (non-hydrogen) atoms. The zero-order chi connectivity index (χ0) is 9.14. The van der Waals surface area contributed by atoms with Gasteiger partial charge in [0.1, 0.15) is 0 Å². The second-order valence-corrected chi connectivity index (χ2v) is 8.62. The van der Waals surface area contributed by atoms with Crippen molar-refractivity contribution in [3.05, 3.63) is 24.3 Å². The van der Waals surface area contributed by atoms with Crippen LogP contribution in [0.2, 0.25) is 26.2 Å². The Morgan fingerprint density at radius 3 is 1.33 bits per heavy atom. The lowest BCUT2D eigenvalue weighted by atomic mass is 10.4. The van der Waals surface area contributed by atoms with Crippen LogP contribution in [0.5, 0.6) is 0 Å². The van der Waals surface area contributed by atoms with Crippen molar-refractivity contribution in [2.24, 2.45) is 0 Å². The van der Waals surface area contributed by atoms with Crippen LogP contribution in [0.15, 0.2) is 24.3 Å². The molecule has 0 fully saturated rings. The standard InChI is InChI=1S/C10H16Si2/c1-11(2)9-7-5-6-8-10(9)12(3)4/h5-8H,1-4H3/q-2. The van der Waals surface area contributed by atoms with Crippen LogP contribution in [0.3, 0.4) is 0 Å². The van der Waals surface area contributed by atoms with Crippen molar-refractivity contribution < 1.29 is 0 Å². The van der Waals surface area contributed by atoms with E-state index < -0.39 is 0 Å². The second kappa shape index (κ2) is 4.05. The molecule has 2 heteroatoms. The minimum absolute atomic E-state index is 0.261.